The van der Waals surface area contributed by atoms with Gasteiger partial charge in [0.2, 0.25) is 0 Å². The molecule has 6 aromatic carbocycles. The molecule has 8 aromatic rings. The third kappa shape index (κ3) is 5.80. The highest BCUT2D eigenvalue weighted by atomic mass is 16.3. The summed E-state index contributed by atoms with van der Waals surface area (Å²) in [5.41, 5.74) is 9.49. The standard InChI is InChI=1S/C49H36N4O/c1-4-16-35(17-5-1)47-50-48(36-18-6-2-7-19-36)52-49(51-47)42-31-37(32-45-46(42)41-24-12-13-26-44(41)54-45)33-27-29-39(30-28-33)53(38-21-8-3-9-22-38)43-25-14-20-34-15-10-11-23-40(34)43/h1-18,20-27,29,31-32,36H,19,28,30H2. The Morgan fingerprint density at radius 3 is 2.17 bits per heavy atom. The van der Waals surface area contributed by atoms with Gasteiger partial charge in [-0.2, -0.15) is 0 Å². The normalized spacial score (nSPS) is 15.4. The van der Waals surface area contributed by atoms with Crippen LogP contribution in [0.5, 0.6) is 0 Å². The summed E-state index contributed by atoms with van der Waals surface area (Å²) >= 11 is 0. The van der Waals surface area contributed by atoms with Crippen LogP contribution in [-0.4, -0.2) is 15.0 Å². The van der Waals surface area contributed by atoms with Gasteiger partial charge in [0, 0.05) is 44.6 Å². The van der Waals surface area contributed by atoms with Crippen LogP contribution in [0, 0.1) is 0 Å². The van der Waals surface area contributed by atoms with E-state index in [2.05, 4.69) is 151 Å². The zero-order valence-electron chi connectivity index (χ0n) is 29.6. The van der Waals surface area contributed by atoms with Crippen molar-refractivity contribution in [3.8, 4) is 22.8 Å². The average molecular weight is 697 g/mol. The Kier molecular flexibility index (Phi) is 8.03. The summed E-state index contributed by atoms with van der Waals surface area (Å²) in [5, 5.41) is 4.52. The van der Waals surface area contributed by atoms with Gasteiger partial charge in [0.15, 0.2) is 11.6 Å². The van der Waals surface area contributed by atoms with E-state index in [1.807, 2.05) is 30.3 Å². The summed E-state index contributed by atoms with van der Waals surface area (Å²) in [6, 6.07) is 48.8. The molecule has 5 heteroatoms. The fourth-order valence-corrected chi connectivity index (χ4v) is 7.88. The van der Waals surface area contributed by atoms with E-state index in [0.29, 0.717) is 11.6 Å². The van der Waals surface area contributed by atoms with Crippen LogP contribution in [0.25, 0.3) is 61.1 Å². The number of nitrogens with zero attached hydrogens (tertiary/aromatic N) is 4. The van der Waals surface area contributed by atoms with Crippen molar-refractivity contribution < 1.29 is 4.42 Å². The molecule has 0 fully saturated rings. The molecule has 10 rings (SSSR count). The number of benzene rings is 6. The second-order valence-corrected chi connectivity index (χ2v) is 13.9. The first-order chi connectivity index (χ1) is 26.8. The lowest BCUT2D eigenvalue weighted by atomic mass is 9.92. The highest BCUT2D eigenvalue weighted by Crippen LogP contribution is 2.43. The first-order valence-electron chi connectivity index (χ1n) is 18.6. The number of anilines is 2. The Morgan fingerprint density at radius 2 is 1.35 bits per heavy atom. The summed E-state index contributed by atoms with van der Waals surface area (Å²) < 4.78 is 6.58. The predicted molar refractivity (Wildman–Crippen MR) is 221 cm³/mol. The molecule has 0 saturated heterocycles. The SMILES string of the molecule is C1=CCC(c2nc(-c3ccccc3)nc(-c3cc(C4=CC=C(N(c5ccccc5)c5cccc6ccccc56)CC4)cc4oc5ccccc5c34)n2)C=C1. The number of allylic oxidation sites excluding steroid dienone is 8. The average Bonchev–Trinajstić information content (AvgIpc) is 3.63. The van der Waals surface area contributed by atoms with Crippen molar-refractivity contribution in [1.82, 2.24) is 15.0 Å². The molecule has 1 atom stereocenters. The molecule has 2 aliphatic carbocycles. The predicted octanol–water partition coefficient (Wildman–Crippen LogP) is 12.8. The Bertz CT molecular complexity index is 2810. The van der Waals surface area contributed by atoms with Crippen molar-refractivity contribution in [3.05, 3.63) is 193 Å². The summed E-state index contributed by atoms with van der Waals surface area (Å²) in [4.78, 5) is 17.8. The minimum atomic E-state index is 0.0675. The Balaban J connectivity index is 1.13. The second-order valence-electron chi connectivity index (χ2n) is 13.9. The second kappa shape index (κ2) is 13.6. The quantitative estimate of drug-likeness (QED) is 0.166. The van der Waals surface area contributed by atoms with Gasteiger partial charge < -0.3 is 9.32 Å². The van der Waals surface area contributed by atoms with Gasteiger partial charge >= 0.3 is 0 Å². The van der Waals surface area contributed by atoms with Crippen LogP contribution in [0.15, 0.2) is 186 Å². The van der Waals surface area contributed by atoms with Crippen LogP contribution < -0.4 is 4.90 Å². The molecule has 0 amide bonds. The molecule has 0 spiro atoms. The third-order valence-corrected chi connectivity index (χ3v) is 10.5. The van der Waals surface area contributed by atoms with Gasteiger partial charge in [0.05, 0.1) is 5.69 Å². The number of rotatable bonds is 7. The monoisotopic (exact) mass is 696 g/mol. The Hall–Kier alpha value is -6.85. The molecular formula is C49H36N4O. The minimum absolute atomic E-state index is 0.0675. The lowest BCUT2D eigenvalue weighted by Crippen LogP contribution is -2.18. The van der Waals surface area contributed by atoms with E-state index in [1.165, 1.54) is 27.7 Å². The van der Waals surface area contributed by atoms with E-state index in [4.69, 9.17) is 19.4 Å². The summed E-state index contributed by atoms with van der Waals surface area (Å²) in [7, 11) is 0. The van der Waals surface area contributed by atoms with Crippen LogP contribution in [0.4, 0.5) is 11.4 Å². The fourth-order valence-electron chi connectivity index (χ4n) is 7.88. The molecule has 5 nitrogen and oxygen atoms in total. The van der Waals surface area contributed by atoms with Crippen LogP contribution >= 0.6 is 0 Å². The van der Waals surface area contributed by atoms with Gasteiger partial charge in [0.1, 0.15) is 17.0 Å². The summed E-state index contributed by atoms with van der Waals surface area (Å²) in [6.45, 7) is 0. The van der Waals surface area contributed by atoms with E-state index in [0.717, 1.165) is 69.4 Å². The smallest absolute Gasteiger partial charge is 0.164 e. The van der Waals surface area contributed by atoms with E-state index in [1.54, 1.807) is 0 Å². The van der Waals surface area contributed by atoms with Gasteiger partial charge in [-0.1, -0.05) is 134 Å². The van der Waals surface area contributed by atoms with Crippen LogP contribution in [-0.2, 0) is 0 Å². The maximum atomic E-state index is 6.58. The number of hydrogen-bond donors (Lipinski definition) is 0. The molecule has 0 bridgehead atoms. The first-order valence-corrected chi connectivity index (χ1v) is 18.6. The van der Waals surface area contributed by atoms with Crippen molar-refractivity contribution in [1.29, 1.82) is 0 Å². The molecule has 258 valence electrons. The summed E-state index contributed by atoms with van der Waals surface area (Å²) in [6.07, 6.45) is 15.7. The van der Waals surface area contributed by atoms with Gasteiger partial charge in [0.25, 0.3) is 0 Å². The Morgan fingerprint density at radius 1 is 0.593 bits per heavy atom. The molecular weight excluding hydrogens is 661 g/mol. The number of fused-ring (bicyclic) bond motifs is 4. The van der Waals surface area contributed by atoms with Gasteiger partial charge in [-0.25, -0.2) is 15.0 Å². The van der Waals surface area contributed by atoms with E-state index >= 15 is 0 Å². The van der Waals surface area contributed by atoms with Crippen molar-refractivity contribution >= 4 is 49.7 Å². The molecule has 0 N–H and O–H groups in total. The van der Waals surface area contributed by atoms with Crippen molar-refractivity contribution in [2.24, 2.45) is 0 Å². The maximum absolute atomic E-state index is 6.58. The van der Waals surface area contributed by atoms with E-state index < -0.39 is 0 Å². The molecule has 2 aliphatic rings. The summed E-state index contributed by atoms with van der Waals surface area (Å²) in [5.74, 6) is 2.16. The number of aromatic nitrogens is 3. The zero-order chi connectivity index (χ0) is 35.8. The third-order valence-electron chi connectivity index (χ3n) is 10.5. The van der Waals surface area contributed by atoms with Crippen molar-refractivity contribution in [3.63, 3.8) is 0 Å². The van der Waals surface area contributed by atoms with Gasteiger partial charge in [-0.15, -0.1) is 0 Å². The molecule has 0 aliphatic heterocycles. The number of furan rings is 1. The van der Waals surface area contributed by atoms with Gasteiger partial charge in [-0.3, -0.25) is 0 Å². The number of hydrogen-bond acceptors (Lipinski definition) is 5. The van der Waals surface area contributed by atoms with Crippen molar-refractivity contribution in [2.45, 2.75) is 25.2 Å². The highest BCUT2D eigenvalue weighted by molar-refractivity contribution is 6.12. The molecule has 54 heavy (non-hydrogen) atoms. The molecule has 2 aromatic heterocycles. The zero-order valence-corrected chi connectivity index (χ0v) is 29.6. The van der Waals surface area contributed by atoms with Crippen molar-refractivity contribution in [2.75, 3.05) is 4.90 Å². The minimum Gasteiger partial charge on any atom is -0.456 e. The number of para-hydroxylation sites is 2. The molecule has 1 unspecified atom stereocenters. The first kappa shape index (κ1) is 31.9. The van der Waals surface area contributed by atoms with Crippen LogP contribution in [0.1, 0.15) is 36.6 Å². The van der Waals surface area contributed by atoms with E-state index in [-0.39, 0.29) is 5.92 Å². The highest BCUT2D eigenvalue weighted by Gasteiger charge is 2.24. The topological polar surface area (TPSA) is 55.1 Å². The largest absolute Gasteiger partial charge is 0.456 e. The molecule has 0 saturated carbocycles. The van der Waals surface area contributed by atoms with Gasteiger partial charge in [-0.05, 0) is 78.3 Å². The van der Waals surface area contributed by atoms with E-state index in [9.17, 15) is 0 Å². The Labute approximate surface area is 314 Å². The van der Waals surface area contributed by atoms with Crippen LogP contribution in [0.2, 0.25) is 0 Å². The maximum Gasteiger partial charge on any atom is 0.164 e. The fraction of sp³-hybridized carbons (Fsp3) is 0.0816. The lowest BCUT2D eigenvalue weighted by molar-refractivity contribution is 0.669. The molecule has 0 radical (unpaired) electrons. The molecule has 2 heterocycles. The van der Waals surface area contributed by atoms with Crippen LogP contribution in [0.3, 0.4) is 0 Å². The lowest BCUT2D eigenvalue weighted by Gasteiger charge is -2.31.